The minimum atomic E-state index is 0.0939. The van der Waals surface area contributed by atoms with Gasteiger partial charge < -0.3 is 11.1 Å². The Hall–Kier alpha value is -1.16. The van der Waals surface area contributed by atoms with E-state index in [1.807, 2.05) is 24.3 Å². The molecule has 1 rings (SSSR count). The van der Waals surface area contributed by atoms with E-state index >= 15 is 0 Å². The van der Waals surface area contributed by atoms with Gasteiger partial charge in [0, 0.05) is 16.6 Å². The molecule has 0 aliphatic carbocycles. The topological polar surface area (TPSA) is 55.1 Å². The van der Waals surface area contributed by atoms with E-state index in [-0.39, 0.29) is 11.9 Å². The van der Waals surface area contributed by atoms with Crippen LogP contribution in [0.15, 0.2) is 29.2 Å². The summed E-state index contributed by atoms with van der Waals surface area (Å²) in [5, 5.41) is 3.03. The maximum Gasteiger partial charge on any atom is 0.230 e. The van der Waals surface area contributed by atoms with Crippen molar-refractivity contribution in [3.8, 4) is 0 Å². The fourth-order valence-corrected chi connectivity index (χ4v) is 2.62. The van der Waals surface area contributed by atoms with Crippen LogP contribution < -0.4 is 11.1 Å². The van der Waals surface area contributed by atoms with Crippen molar-refractivity contribution in [3.63, 3.8) is 0 Å². The molecule has 0 bridgehead atoms. The normalized spacial score (nSPS) is 12.1. The number of carbonyl (C=O) groups is 1. The van der Waals surface area contributed by atoms with Crippen LogP contribution in [0.3, 0.4) is 0 Å². The number of nitrogen functional groups attached to an aromatic ring is 1. The predicted octanol–water partition coefficient (Wildman–Crippen LogP) is 3.45. The molecule has 0 aliphatic rings. The van der Waals surface area contributed by atoms with Crippen molar-refractivity contribution >= 4 is 23.4 Å². The van der Waals surface area contributed by atoms with Crippen molar-refractivity contribution in [3.05, 3.63) is 24.3 Å². The number of rotatable bonds is 8. The largest absolute Gasteiger partial charge is 0.399 e. The van der Waals surface area contributed by atoms with Gasteiger partial charge >= 0.3 is 0 Å². The van der Waals surface area contributed by atoms with Gasteiger partial charge in [-0.2, -0.15) is 0 Å². The molecule has 1 aromatic rings. The van der Waals surface area contributed by atoms with Gasteiger partial charge in [0.2, 0.25) is 5.91 Å². The lowest BCUT2D eigenvalue weighted by atomic mass is 10.1. The summed E-state index contributed by atoms with van der Waals surface area (Å²) in [6.45, 7) is 4.25. The molecule has 106 valence electrons. The molecule has 19 heavy (non-hydrogen) atoms. The third-order valence-electron chi connectivity index (χ3n) is 2.88. The molecule has 0 heterocycles. The molecule has 0 aromatic heterocycles. The third kappa shape index (κ3) is 7.11. The van der Waals surface area contributed by atoms with Gasteiger partial charge in [-0.1, -0.05) is 32.3 Å². The van der Waals surface area contributed by atoms with Crippen molar-refractivity contribution < 1.29 is 4.79 Å². The Bertz CT molecular complexity index is 395. The average molecular weight is 280 g/mol. The monoisotopic (exact) mass is 280 g/mol. The molecule has 0 saturated heterocycles. The third-order valence-corrected chi connectivity index (χ3v) is 3.87. The second-order valence-corrected chi connectivity index (χ2v) is 5.87. The first kappa shape index (κ1) is 15.9. The standard InChI is InChI=1S/C15H24N2OS/c1-3-4-5-7-12(2)17-15(18)11-19-14-9-6-8-13(16)10-14/h6,8-10,12H,3-5,7,11,16H2,1-2H3,(H,17,18). The van der Waals surface area contributed by atoms with Crippen molar-refractivity contribution in [2.45, 2.75) is 50.5 Å². The quantitative estimate of drug-likeness (QED) is 0.436. The highest BCUT2D eigenvalue weighted by molar-refractivity contribution is 8.00. The van der Waals surface area contributed by atoms with Crippen molar-refractivity contribution in [2.24, 2.45) is 0 Å². The molecular weight excluding hydrogens is 256 g/mol. The van der Waals surface area contributed by atoms with E-state index in [2.05, 4.69) is 19.2 Å². The summed E-state index contributed by atoms with van der Waals surface area (Å²) in [5.74, 6) is 0.540. The van der Waals surface area contributed by atoms with Gasteiger partial charge in [-0.05, 0) is 31.5 Å². The van der Waals surface area contributed by atoms with Crippen LogP contribution in [-0.4, -0.2) is 17.7 Å². The maximum atomic E-state index is 11.8. The summed E-state index contributed by atoms with van der Waals surface area (Å²) in [6, 6.07) is 7.88. The zero-order valence-corrected chi connectivity index (χ0v) is 12.6. The van der Waals surface area contributed by atoms with E-state index in [0.29, 0.717) is 5.75 Å². The van der Waals surface area contributed by atoms with Gasteiger partial charge in [0.15, 0.2) is 0 Å². The van der Waals surface area contributed by atoms with Crippen LogP contribution >= 0.6 is 11.8 Å². The maximum absolute atomic E-state index is 11.8. The van der Waals surface area contributed by atoms with E-state index in [1.54, 1.807) is 0 Å². The lowest BCUT2D eigenvalue weighted by Gasteiger charge is -2.13. The van der Waals surface area contributed by atoms with E-state index in [0.717, 1.165) is 17.0 Å². The van der Waals surface area contributed by atoms with E-state index in [9.17, 15) is 4.79 Å². The van der Waals surface area contributed by atoms with Gasteiger partial charge in [-0.15, -0.1) is 11.8 Å². The van der Waals surface area contributed by atoms with Crippen LogP contribution in [0.1, 0.15) is 39.5 Å². The van der Waals surface area contributed by atoms with E-state index < -0.39 is 0 Å². The van der Waals surface area contributed by atoms with Crippen LogP contribution in [0.2, 0.25) is 0 Å². The number of thioether (sulfide) groups is 1. The first-order valence-corrected chi connectivity index (χ1v) is 7.88. The van der Waals surface area contributed by atoms with Crippen LogP contribution in [-0.2, 0) is 4.79 Å². The SMILES string of the molecule is CCCCCC(C)NC(=O)CSc1cccc(N)c1. The molecule has 1 atom stereocenters. The van der Waals surface area contributed by atoms with Gasteiger partial charge in [-0.25, -0.2) is 0 Å². The molecular formula is C15H24N2OS. The molecule has 0 saturated carbocycles. The summed E-state index contributed by atoms with van der Waals surface area (Å²) in [6.07, 6.45) is 4.69. The first-order chi connectivity index (χ1) is 9.11. The van der Waals surface area contributed by atoms with Gasteiger partial charge in [0.25, 0.3) is 0 Å². The fourth-order valence-electron chi connectivity index (χ4n) is 1.84. The lowest BCUT2D eigenvalue weighted by molar-refractivity contribution is -0.119. The van der Waals surface area contributed by atoms with Gasteiger partial charge in [-0.3, -0.25) is 4.79 Å². The minimum absolute atomic E-state index is 0.0939. The number of unbranched alkanes of at least 4 members (excludes halogenated alkanes) is 2. The Labute approximate surface area is 120 Å². The smallest absolute Gasteiger partial charge is 0.230 e. The summed E-state index contributed by atoms with van der Waals surface area (Å²) in [7, 11) is 0. The Morgan fingerprint density at radius 2 is 2.21 bits per heavy atom. The molecule has 0 fully saturated rings. The number of amides is 1. The Morgan fingerprint density at radius 3 is 2.89 bits per heavy atom. The van der Waals surface area contributed by atoms with Crippen molar-refractivity contribution in [2.75, 3.05) is 11.5 Å². The van der Waals surface area contributed by atoms with Crippen LogP contribution in [0.4, 0.5) is 5.69 Å². The highest BCUT2D eigenvalue weighted by Crippen LogP contribution is 2.19. The summed E-state index contributed by atoms with van der Waals surface area (Å²) in [5.41, 5.74) is 6.43. The van der Waals surface area contributed by atoms with Crippen molar-refractivity contribution in [1.29, 1.82) is 0 Å². The van der Waals surface area contributed by atoms with Gasteiger partial charge in [0.1, 0.15) is 0 Å². The fraction of sp³-hybridized carbons (Fsp3) is 0.533. The molecule has 0 spiro atoms. The van der Waals surface area contributed by atoms with Crippen LogP contribution in [0.25, 0.3) is 0 Å². The number of nitrogens with one attached hydrogen (secondary N) is 1. The summed E-state index contributed by atoms with van der Waals surface area (Å²) < 4.78 is 0. The molecule has 3 N–H and O–H groups in total. The van der Waals surface area contributed by atoms with Gasteiger partial charge in [0.05, 0.1) is 5.75 Å². The molecule has 1 unspecified atom stereocenters. The molecule has 1 amide bonds. The molecule has 4 heteroatoms. The zero-order chi connectivity index (χ0) is 14.1. The number of benzene rings is 1. The summed E-state index contributed by atoms with van der Waals surface area (Å²) in [4.78, 5) is 12.8. The Kier molecular flexibility index (Phi) is 7.41. The summed E-state index contributed by atoms with van der Waals surface area (Å²) >= 11 is 1.52. The predicted molar refractivity (Wildman–Crippen MR) is 83.3 cm³/mol. The molecule has 0 aliphatic heterocycles. The second kappa shape index (κ2) is 8.86. The van der Waals surface area contributed by atoms with Crippen LogP contribution in [0.5, 0.6) is 0 Å². The average Bonchev–Trinajstić information content (AvgIpc) is 2.37. The molecule has 0 radical (unpaired) electrons. The second-order valence-electron chi connectivity index (χ2n) is 4.83. The first-order valence-electron chi connectivity index (χ1n) is 6.89. The number of carbonyl (C=O) groups excluding carboxylic acids is 1. The number of nitrogens with two attached hydrogens (primary N) is 1. The molecule has 1 aromatic carbocycles. The minimum Gasteiger partial charge on any atom is -0.399 e. The highest BCUT2D eigenvalue weighted by Gasteiger charge is 2.07. The van der Waals surface area contributed by atoms with Crippen molar-refractivity contribution in [1.82, 2.24) is 5.32 Å². The number of hydrogen-bond acceptors (Lipinski definition) is 3. The lowest BCUT2D eigenvalue weighted by Crippen LogP contribution is -2.33. The highest BCUT2D eigenvalue weighted by atomic mass is 32.2. The zero-order valence-electron chi connectivity index (χ0n) is 11.8. The number of hydrogen-bond donors (Lipinski definition) is 2. The van der Waals surface area contributed by atoms with Crippen LogP contribution in [0, 0.1) is 0 Å². The van der Waals surface area contributed by atoms with E-state index in [4.69, 9.17) is 5.73 Å². The molecule has 3 nitrogen and oxygen atoms in total. The number of anilines is 1. The van der Waals surface area contributed by atoms with E-state index in [1.165, 1.54) is 31.0 Å². The Balaban J connectivity index is 2.24. The Morgan fingerprint density at radius 1 is 1.42 bits per heavy atom.